The monoisotopic (exact) mass is 258 g/mol. The molecule has 6 heteroatoms. The third-order valence-electron chi connectivity index (χ3n) is 2.50. The minimum atomic E-state index is -2.94. The fraction of sp³-hybridized carbons (Fsp3) is 0.417. The number of benzene rings is 1. The molecule has 1 aromatic rings. The maximum Gasteiger partial charge on any atom is 0.387 e. The molecule has 0 N–H and O–H groups in total. The molecule has 18 heavy (non-hydrogen) atoms. The number of hydrogen-bond donors (Lipinski definition) is 0. The SMILES string of the molecule is O=Cc1ccc(OC(F)F)c(OC2CCOC2)c1. The van der Waals surface area contributed by atoms with Gasteiger partial charge in [-0.05, 0) is 18.2 Å². The van der Waals surface area contributed by atoms with E-state index in [1.807, 2.05) is 0 Å². The van der Waals surface area contributed by atoms with E-state index in [-0.39, 0.29) is 17.6 Å². The second kappa shape index (κ2) is 5.77. The molecule has 0 aliphatic carbocycles. The quantitative estimate of drug-likeness (QED) is 0.760. The van der Waals surface area contributed by atoms with Crippen LogP contribution in [-0.2, 0) is 4.74 Å². The van der Waals surface area contributed by atoms with Gasteiger partial charge in [0.2, 0.25) is 0 Å². The molecule has 98 valence electrons. The lowest BCUT2D eigenvalue weighted by Crippen LogP contribution is -2.17. The van der Waals surface area contributed by atoms with Crippen LogP contribution in [0.3, 0.4) is 0 Å². The van der Waals surface area contributed by atoms with Crippen molar-refractivity contribution in [1.82, 2.24) is 0 Å². The highest BCUT2D eigenvalue weighted by Gasteiger charge is 2.20. The van der Waals surface area contributed by atoms with Crippen LogP contribution in [0.15, 0.2) is 18.2 Å². The van der Waals surface area contributed by atoms with E-state index in [1.165, 1.54) is 18.2 Å². The standard InChI is InChI=1S/C12H12F2O4/c13-12(14)18-10-2-1-8(6-15)5-11(10)17-9-3-4-16-7-9/h1-2,5-6,9,12H,3-4,7H2. The largest absolute Gasteiger partial charge is 0.484 e. The summed E-state index contributed by atoms with van der Waals surface area (Å²) in [7, 11) is 0. The van der Waals surface area contributed by atoms with E-state index in [1.54, 1.807) is 0 Å². The molecular weight excluding hydrogens is 246 g/mol. The van der Waals surface area contributed by atoms with Gasteiger partial charge in [-0.2, -0.15) is 8.78 Å². The summed E-state index contributed by atoms with van der Waals surface area (Å²) in [4.78, 5) is 10.7. The lowest BCUT2D eigenvalue weighted by molar-refractivity contribution is -0.0521. The average Bonchev–Trinajstić information content (AvgIpc) is 2.83. The predicted octanol–water partition coefficient (Wildman–Crippen LogP) is 2.27. The summed E-state index contributed by atoms with van der Waals surface area (Å²) in [5.41, 5.74) is 0.338. The lowest BCUT2D eigenvalue weighted by Gasteiger charge is -2.16. The number of hydrogen-bond acceptors (Lipinski definition) is 4. The Morgan fingerprint density at radius 3 is 2.83 bits per heavy atom. The van der Waals surface area contributed by atoms with Crippen LogP contribution in [0.1, 0.15) is 16.8 Å². The normalized spacial score (nSPS) is 18.9. The molecule has 1 fully saturated rings. The van der Waals surface area contributed by atoms with E-state index in [4.69, 9.17) is 9.47 Å². The van der Waals surface area contributed by atoms with Crippen molar-refractivity contribution in [2.75, 3.05) is 13.2 Å². The maximum absolute atomic E-state index is 12.2. The minimum Gasteiger partial charge on any atom is -0.484 e. The van der Waals surface area contributed by atoms with Crippen LogP contribution in [0.5, 0.6) is 11.5 Å². The molecule has 1 unspecified atom stereocenters. The number of carbonyl (C=O) groups is 1. The summed E-state index contributed by atoms with van der Waals surface area (Å²) < 4.78 is 39.4. The Morgan fingerprint density at radius 2 is 2.22 bits per heavy atom. The molecule has 0 aromatic heterocycles. The van der Waals surface area contributed by atoms with E-state index < -0.39 is 6.61 Å². The number of carbonyl (C=O) groups excluding carboxylic acids is 1. The smallest absolute Gasteiger partial charge is 0.387 e. The number of halogens is 2. The minimum absolute atomic E-state index is 0.0810. The van der Waals surface area contributed by atoms with Gasteiger partial charge in [-0.15, -0.1) is 0 Å². The van der Waals surface area contributed by atoms with Crippen molar-refractivity contribution in [2.24, 2.45) is 0 Å². The highest BCUT2D eigenvalue weighted by atomic mass is 19.3. The van der Waals surface area contributed by atoms with Crippen molar-refractivity contribution in [1.29, 1.82) is 0 Å². The Balaban J connectivity index is 2.19. The van der Waals surface area contributed by atoms with Gasteiger partial charge in [0.15, 0.2) is 11.5 Å². The van der Waals surface area contributed by atoms with Crippen LogP contribution in [0.4, 0.5) is 8.78 Å². The molecule has 0 spiro atoms. The maximum atomic E-state index is 12.2. The average molecular weight is 258 g/mol. The van der Waals surface area contributed by atoms with Crippen molar-refractivity contribution < 1.29 is 27.8 Å². The molecule has 4 nitrogen and oxygen atoms in total. The van der Waals surface area contributed by atoms with E-state index in [0.29, 0.717) is 31.5 Å². The van der Waals surface area contributed by atoms with Gasteiger partial charge in [0.1, 0.15) is 12.4 Å². The van der Waals surface area contributed by atoms with Crippen LogP contribution < -0.4 is 9.47 Å². The molecule has 1 saturated heterocycles. The third-order valence-corrected chi connectivity index (χ3v) is 2.50. The zero-order valence-electron chi connectivity index (χ0n) is 9.47. The van der Waals surface area contributed by atoms with E-state index >= 15 is 0 Å². The fourth-order valence-corrected chi connectivity index (χ4v) is 1.67. The first-order valence-corrected chi connectivity index (χ1v) is 5.47. The molecule has 1 aliphatic heterocycles. The zero-order valence-corrected chi connectivity index (χ0v) is 9.47. The highest BCUT2D eigenvalue weighted by molar-refractivity contribution is 5.76. The summed E-state index contributed by atoms with van der Waals surface area (Å²) in [6, 6.07) is 4.06. The molecule has 1 heterocycles. The molecule has 0 amide bonds. The van der Waals surface area contributed by atoms with E-state index in [0.717, 1.165) is 0 Å². The van der Waals surface area contributed by atoms with Crippen molar-refractivity contribution in [3.05, 3.63) is 23.8 Å². The van der Waals surface area contributed by atoms with Crippen LogP contribution in [-0.4, -0.2) is 32.2 Å². The Bertz CT molecular complexity index is 417. The Hall–Kier alpha value is -1.69. The van der Waals surface area contributed by atoms with Crippen molar-refractivity contribution in [3.63, 3.8) is 0 Å². The first-order valence-electron chi connectivity index (χ1n) is 5.47. The van der Waals surface area contributed by atoms with Crippen molar-refractivity contribution >= 4 is 6.29 Å². The zero-order chi connectivity index (χ0) is 13.0. The van der Waals surface area contributed by atoms with Crippen molar-refractivity contribution in [3.8, 4) is 11.5 Å². The number of ether oxygens (including phenoxy) is 3. The van der Waals surface area contributed by atoms with E-state index in [2.05, 4.69) is 4.74 Å². The number of aldehydes is 1. The second-order valence-corrected chi connectivity index (χ2v) is 3.81. The molecule has 0 radical (unpaired) electrons. The topological polar surface area (TPSA) is 44.8 Å². The van der Waals surface area contributed by atoms with Crippen LogP contribution in [0.2, 0.25) is 0 Å². The van der Waals surface area contributed by atoms with Gasteiger partial charge in [0.25, 0.3) is 0 Å². The van der Waals surface area contributed by atoms with E-state index in [9.17, 15) is 13.6 Å². The summed E-state index contributed by atoms with van der Waals surface area (Å²) in [6.45, 7) is -1.96. The molecule has 1 atom stereocenters. The van der Waals surface area contributed by atoms with Crippen LogP contribution >= 0.6 is 0 Å². The van der Waals surface area contributed by atoms with Gasteiger partial charge >= 0.3 is 6.61 Å². The van der Waals surface area contributed by atoms with Crippen LogP contribution in [0, 0.1) is 0 Å². The summed E-state index contributed by atoms with van der Waals surface area (Å²) in [5.74, 6) is 0.0536. The molecular formula is C12H12F2O4. The number of rotatable bonds is 5. The summed E-state index contributed by atoms with van der Waals surface area (Å²) >= 11 is 0. The van der Waals surface area contributed by atoms with Gasteiger partial charge in [-0.3, -0.25) is 4.79 Å². The van der Waals surface area contributed by atoms with Gasteiger partial charge in [-0.25, -0.2) is 0 Å². The Kier molecular flexibility index (Phi) is 4.09. The molecule has 0 bridgehead atoms. The Morgan fingerprint density at radius 1 is 1.39 bits per heavy atom. The summed E-state index contributed by atoms with van der Waals surface area (Å²) in [5, 5.41) is 0. The predicted molar refractivity (Wildman–Crippen MR) is 58.3 cm³/mol. The van der Waals surface area contributed by atoms with Crippen molar-refractivity contribution in [2.45, 2.75) is 19.1 Å². The third kappa shape index (κ3) is 3.16. The van der Waals surface area contributed by atoms with Crippen LogP contribution in [0.25, 0.3) is 0 Å². The second-order valence-electron chi connectivity index (χ2n) is 3.81. The van der Waals surface area contributed by atoms with Gasteiger partial charge < -0.3 is 14.2 Å². The first-order chi connectivity index (χ1) is 8.69. The Labute approximate surface area is 102 Å². The van der Waals surface area contributed by atoms with Gasteiger partial charge in [-0.1, -0.05) is 0 Å². The van der Waals surface area contributed by atoms with Gasteiger partial charge in [0, 0.05) is 12.0 Å². The number of alkyl halides is 2. The molecule has 1 aromatic carbocycles. The molecule has 0 saturated carbocycles. The summed E-state index contributed by atoms with van der Waals surface area (Å²) in [6.07, 6.45) is 1.09. The molecule has 1 aliphatic rings. The van der Waals surface area contributed by atoms with Gasteiger partial charge in [0.05, 0.1) is 13.2 Å². The first kappa shape index (κ1) is 12.8. The fourth-order valence-electron chi connectivity index (χ4n) is 1.67. The highest BCUT2D eigenvalue weighted by Crippen LogP contribution is 2.31. The molecule has 2 rings (SSSR count). The lowest BCUT2D eigenvalue weighted by atomic mass is 10.2.